The molecule has 6 heteroatoms. The van der Waals surface area contributed by atoms with Crippen LogP contribution < -0.4 is 11.1 Å². The number of hydrogen-bond acceptors (Lipinski definition) is 6. The van der Waals surface area contributed by atoms with Gasteiger partial charge in [-0.25, -0.2) is 9.97 Å². The molecule has 6 nitrogen and oxygen atoms in total. The van der Waals surface area contributed by atoms with Gasteiger partial charge in [-0.05, 0) is 0 Å². The molecule has 4 N–H and O–H groups in total. The van der Waals surface area contributed by atoms with E-state index in [1.165, 1.54) is 6.20 Å². The Morgan fingerprint density at radius 3 is 2.75 bits per heavy atom. The first-order chi connectivity index (χ1) is 7.68. The van der Waals surface area contributed by atoms with Crippen LogP contribution in [0.2, 0.25) is 0 Å². The molecule has 0 amide bonds. The van der Waals surface area contributed by atoms with E-state index in [0.717, 1.165) is 0 Å². The van der Waals surface area contributed by atoms with Crippen LogP contribution in [0.5, 0.6) is 0 Å². The van der Waals surface area contributed by atoms with Crippen molar-refractivity contribution in [2.24, 2.45) is 0 Å². The molecule has 0 radical (unpaired) electrons. The van der Waals surface area contributed by atoms with Gasteiger partial charge >= 0.3 is 0 Å². The summed E-state index contributed by atoms with van der Waals surface area (Å²) in [5.74, 6) is 1.00. The third-order valence-electron chi connectivity index (χ3n) is 2.69. The van der Waals surface area contributed by atoms with E-state index in [1.54, 1.807) is 6.20 Å². The first kappa shape index (κ1) is 11.1. The summed E-state index contributed by atoms with van der Waals surface area (Å²) < 4.78 is 5.20. The average Bonchev–Trinajstić information content (AvgIpc) is 2.29. The average molecular weight is 224 g/mol. The predicted molar refractivity (Wildman–Crippen MR) is 59.9 cm³/mol. The minimum Gasteiger partial charge on any atom is -0.388 e. The Bertz CT molecular complexity index is 335. The van der Waals surface area contributed by atoms with Gasteiger partial charge in [0.15, 0.2) is 0 Å². The minimum atomic E-state index is -0.707. The number of ether oxygens (including phenoxy) is 1. The number of nitrogens with one attached hydrogen (secondary N) is 1. The van der Waals surface area contributed by atoms with Crippen molar-refractivity contribution >= 4 is 11.6 Å². The Labute approximate surface area is 93.9 Å². The number of hydrogen-bond donors (Lipinski definition) is 3. The number of nitrogens with two attached hydrogens (primary N) is 1. The number of anilines is 2. The van der Waals surface area contributed by atoms with Crippen molar-refractivity contribution in [3.05, 3.63) is 12.4 Å². The van der Waals surface area contributed by atoms with E-state index in [0.29, 0.717) is 44.2 Å². The Morgan fingerprint density at radius 1 is 1.38 bits per heavy atom. The molecule has 88 valence electrons. The summed E-state index contributed by atoms with van der Waals surface area (Å²) in [6.07, 6.45) is 4.32. The van der Waals surface area contributed by atoms with Gasteiger partial charge in [0, 0.05) is 32.6 Å². The smallest absolute Gasteiger partial charge is 0.144 e. The highest BCUT2D eigenvalue weighted by Gasteiger charge is 2.29. The van der Waals surface area contributed by atoms with E-state index in [2.05, 4.69) is 15.3 Å². The van der Waals surface area contributed by atoms with E-state index >= 15 is 0 Å². The van der Waals surface area contributed by atoms with Crippen molar-refractivity contribution in [3.8, 4) is 0 Å². The van der Waals surface area contributed by atoms with Gasteiger partial charge in [0.25, 0.3) is 0 Å². The Balaban J connectivity index is 1.88. The number of aromatic nitrogens is 2. The maximum atomic E-state index is 10.2. The normalized spacial score (nSPS) is 19.3. The van der Waals surface area contributed by atoms with Crippen molar-refractivity contribution in [2.75, 3.05) is 30.8 Å². The monoisotopic (exact) mass is 224 g/mol. The molecule has 16 heavy (non-hydrogen) atoms. The second-order valence-electron chi connectivity index (χ2n) is 4.02. The van der Waals surface area contributed by atoms with Crippen molar-refractivity contribution < 1.29 is 9.84 Å². The fraction of sp³-hybridized carbons (Fsp3) is 0.600. The van der Waals surface area contributed by atoms with E-state index in [4.69, 9.17) is 10.5 Å². The van der Waals surface area contributed by atoms with Gasteiger partial charge in [0.05, 0.1) is 18.0 Å². The maximum Gasteiger partial charge on any atom is 0.144 e. The highest BCUT2D eigenvalue weighted by molar-refractivity contribution is 5.36. The Morgan fingerprint density at radius 2 is 2.12 bits per heavy atom. The van der Waals surface area contributed by atoms with Crippen LogP contribution in [0.3, 0.4) is 0 Å². The zero-order valence-electron chi connectivity index (χ0n) is 9.02. The summed E-state index contributed by atoms with van der Waals surface area (Å²) >= 11 is 0. The van der Waals surface area contributed by atoms with Gasteiger partial charge in [-0.3, -0.25) is 0 Å². The second-order valence-corrected chi connectivity index (χ2v) is 4.02. The summed E-state index contributed by atoms with van der Waals surface area (Å²) in [7, 11) is 0. The highest BCUT2D eigenvalue weighted by atomic mass is 16.5. The summed E-state index contributed by atoms with van der Waals surface area (Å²) in [6, 6.07) is 0. The van der Waals surface area contributed by atoms with E-state index in [1.807, 2.05) is 0 Å². The summed E-state index contributed by atoms with van der Waals surface area (Å²) in [6.45, 7) is 1.66. The van der Waals surface area contributed by atoms with Crippen molar-refractivity contribution in [3.63, 3.8) is 0 Å². The molecule has 0 saturated carbocycles. The molecule has 0 atom stereocenters. The summed E-state index contributed by atoms with van der Waals surface area (Å²) in [4.78, 5) is 7.96. The molecule has 1 aromatic heterocycles. The lowest BCUT2D eigenvalue weighted by molar-refractivity contribution is -0.0543. The third kappa shape index (κ3) is 2.80. The van der Waals surface area contributed by atoms with Gasteiger partial charge in [-0.15, -0.1) is 0 Å². The van der Waals surface area contributed by atoms with Crippen molar-refractivity contribution in [1.82, 2.24) is 9.97 Å². The van der Waals surface area contributed by atoms with Crippen LogP contribution in [0.4, 0.5) is 11.6 Å². The first-order valence-electron chi connectivity index (χ1n) is 5.29. The molecule has 1 aliphatic heterocycles. The molecule has 1 saturated heterocycles. The lowest BCUT2D eigenvalue weighted by Crippen LogP contribution is -2.42. The van der Waals surface area contributed by atoms with Gasteiger partial charge in [-0.1, -0.05) is 0 Å². The van der Waals surface area contributed by atoms with Crippen LogP contribution >= 0.6 is 0 Å². The number of rotatable bonds is 3. The standard InChI is InChI=1S/C10H16N4O2/c11-8-5-13-9(6-12-8)14-7-10(15)1-3-16-4-2-10/h5-6,15H,1-4,7H2,(H2,11,12)(H,13,14). The van der Waals surface area contributed by atoms with Crippen LogP contribution in [0.25, 0.3) is 0 Å². The van der Waals surface area contributed by atoms with E-state index in [-0.39, 0.29) is 0 Å². The topological polar surface area (TPSA) is 93.3 Å². The van der Waals surface area contributed by atoms with Crippen LogP contribution in [0, 0.1) is 0 Å². The largest absolute Gasteiger partial charge is 0.388 e. The lowest BCUT2D eigenvalue weighted by Gasteiger charge is -2.32. The van der Waals surface area contributed by atoms with Crippen LogP contribution in [0.15, 0.2) is 12.4 Å². The molecule has 0 aromatic carbocycles. The fourth-order valence-corrected chi connectivity index (χ4v) is 1.61. The molecular weight excluding hydrogens is 208 g/mol. The van der Waals surface area contributed by atoms with Gasteiger partial charge in [0.2, 0.25) is 0 Å². The quantitative estimate of drug-likeness (QED) is 0.669. The highest BCUT2D eigenvalue weighted by Crippen LogP contribution is 2.20. The molecule has 0 aliphatic carbocycles. The van der Waals surface area contributed by atoms with Crippen LogP contribution in [-0.2, 0) is 4.74 Å². The van der Waals surface area contributed by atoms with Crippen molar-refractivity contribution in [2.45, 2.75) is 18.4 Å². The van der Waals surface area contributed by atoms with Gasteiger partial charge in [-0.2, -0.15) is 0 Å². The van der Waals surface area contributed by atoms with E-state index in [9.17, 15) is 5.11 Å². The summed E-state index contributed by atoms with van der Waals surface area (Å²) in [5, 5.41) is 13.2. The Hall–Kier alpha value is -1.40. The lowest BCUT2D eigenvalue weighted by atomic mass is 9.94. The third-order valence-corrected chi connectivity index (χ3v) is 2.69. The maximum absolute atomic E-state index is 10.2. The van der Waals surface area contributed by atoms with E-state index < -0.39 is 5.60 Å². The fourth-order valence-electron chi connectivity index (χ4n) is 1.61. The van der Waals surface area contributed by atoms with Crippen molar-refractivity contribution in [1.29, 1.82) is 0 Å². The molecule has 2 heterocycles. The molecule has 1 aliphatic rings. The minimum absolute atomic E-state index is 0.385. The summed E-state index contributed by atoms with van der Waals surface area (Å²) in [5.41, 5.74) is 4.72. The Kier molecular flexibility index (Phi) is 3.21. The second kappa shape index (κ2) is 4.63. The number of nitrogens with zero attached hydrogens (tertiary/aromatic N) is 2. The molecule has 0 spiro atoms. The SMILES string of the molecule is Nc1cnc(NCC2(O)CCOCC2)cn1. The molecule has 0 unspecified atom stereocenters. The molecule has 1 aromatic rings. The van der Waals surface area contributed by atoms with Gasteiger partial charge in [0.1, 0.15) is 11.6 Å². The molecule has 0 bridgehead atoms. The predicted octanol–water partition coefficient (Wildman–Crippen LogP) is 0.0122. The van der Waals surface area contributed by atoms with Gasteiger partial charge < -0.3 is 20.9 Å². The van der Waals surface area contributed by atoms with Crippen LogP contribution in [-0.4, -0.2) is 40.4 Å². The zero-order chi connectivity index (χ0) is 11.4. The molecule has 1 fully saturated rings. The van der Waals surface area contributed by atoms with Crippen LogP contribution in [0.1, 0.15) is 12.8 Å². The first-order valence-corrected chi connectivity index (χ1v) is 5.29. The molecular formula is C10H16N4O2. The zero-order valence-corrected chi connectivity index (χ0v) is 9.02. The number of nitrogen functional groups attached to an aromatic ring is 1. The molecule has 2 rings (SSSR count). The number of aliphatic hydroxyl groups is 1.